The molecule has 1 aliphatic rings. The third kappa shape index (κ3) is 4.36. The summed E-state index contributed by atoms with van der Waals surface area (Å²) >= 11 is 0. The number of carbonyl (C=O) groups is 1. The van der Waals surface area contributed by atoms with Gasteiger partial charge in [-0.25, -0.2) is 0 Å². The summed E-state index contributed by atoms with van der Waals surface area (Å²) in [6.45, 7) is 14.7. The number of allylic oxidation sites excluding steroid dienone is 2. The molecular formula is C18H30O3. The fraction of sp³-hybridized carbons (Fsp3) is 0.722. The topological polar surface area (TPSA) is 35.5 Å². The Hall–Kier alpha value is -1.25. The van der Waals surface area contributed by atoms with Crippen molar-refractivity contribution in [3.8, 4) is 0 Å². The highest BCUT2D eigenvalue weighted by Gasteiger charge is 2.38. The zero-order valence-electron chi connectivity index (χ0n) is 14.4. The molecule has 1 fully saturated rings. The predicted octanol–water partition coefficient (Wildman–Crippen LogP) is 4.49. The maximum absolute atomic E-state index is 11.8. The smallest absolute Gasteiger partial charge is 0.311 e. The first kappa shape index (κ1) is 17.8. The minimum atomic E-state index is -0.444. The molecule has 0 amide bonds. The van der Waals surface area contributed by atoms with Crippen molar-refractivity contribution in [1.29, 1.82) is 0 Å². The average Bonchev–Trinajstić information content (AvgIpc) is 2.35. The van der Waals surface area contributed by atoms with Gasteiger partial charge in [-0.1, -0.05) is 26.0 Å². The summed E-state index contributed by atoms with van der Waals surface area (Å²) < 4.78 is 10.6. The molecule has 0 heterocycles. The van der Waals surface area contributed by atoms with Crippen molar-refractivity contribution >= 4 is 5.97 Å². The summed E-state index contributed by atoms with van der Waals surface area (Å²) in [7, 11) is 1.69. The van der Waals surface area contributed by atoms with E-state index < -0.39 is 5.41 Å². The van der Waals surface area contributed by atoms with Gasteiger partial charge in [0.1, 0.15) is 0 Å². The molecule has 0 aromatic heterocycles. The number of esters is 1. The van der Waals surface area contributed by atoms with Gasteiger partial charge < -0.3 is 9.47 Å². The van der Waals surface area contributed by atoms with Gasteiger partial charge >= 0.3 is 5.97 Å². The van der Waals surface area contributed by atoms with E-state index >= 15 is 0 Å². The maximum atomic E-state index is 11.8. The summed E-state index contributed by atoms with van der Waals surface area (Å²) in [4.78, 5) is 11.8. The Labute approximate surface area is 129 Å². The summed E-state index contributed by atoms with van der Waals surface area (Å²) in [5.41, 5.74) is 2.12. The van der Waals surface area contributed by atoms with Crippen LogP contribution in [0.1, 0.15) is 53.9 Å². The van der Waals surface area contributed by atoms with Gasteiger partial charge in [0.15, 0.2) is 0 Å². The minimum absolute atomic E-state index is 0.000512. The van der Waals surface area contributed by atoms with E-state index in [0.717, 1.165) is 19.3 Å². The highest BCUT2D eigenvalue weighted by Crippen LogP contribution is 2.48. The van der Waals surface area contributed by atoms with Crippen molar-refractivity contribution in [3.05, 3.63) is 24.0 Å². The first-order valence-corrected chi connectivity index (χ1v) is 7.68. The highest BCUT2D eigenvalue weighted by atomic mass is 16.5. The first-order valence-electron chi connectivity index (χ1n) is 7.68. The zero-order valence-corrected chi connectivity index (χ0v) is 14.4. The molecule has 21 heavy (non-hydrogen) atoms. The Morgan fingerprint density at radius 1 is 1.38 bits per heavy atom. The van der Waals surface area contributed by atoms with Crippen LogP contribution in [0.3, 0.4) is 0 Å². The molecule has 1 rings (SSSR count). The molecule has 1 aliphatic carbocycles. The van der Waals surface area contributed by atoms with Crippen LogP contribution in [-0.4, -0.2) is 19.7 Å². The lowest BCUT2D eigenvalue weighted by Crippen LogP contribution is -2.33. The number of rotatable bonds is 4. The summed E-state index contributed by atoms with van der Waals surface area (Å²) in [6, 6.07) is 0. The van der Waals surface area contributed by atoms with Crippen LogP contribution in [0.15, 0.2) is 24.0 Å². The number of carbonyl (C=O) groups excluding carboxylic acids is 1. The second kappa shape index (κ2) is 6.67. The van der Waals surface area contributed by atoms with Crippen molar-refractivity contribution in [2.75, 3.05) is 13.7 Å². The molecule has 0 radical (unpaired) electrons. The second-order valence-electron chi connectivity index (χ2n) is 7.49. The maximum Gasteiger partial charge on any atom is 0.311 e. The molecule has 0 saturated heterocycles. The van der Waals surface area contributed by atoms with Gasteiger partial charge in [0, 0.05) is 0 Å². The number of ether oxygens (including phenoxy) is 2. The molecule has 0 spiro atoms. The molecule has 0 aromatic rings. The van der Waals surface area contributed by atoms with Crippen LogP contribution in [0.2, 0.25) is 0 Å². The monoisotopic (exact) mass is 294 g/mol. The molecule has 120 valence electrons. The van der Waals surface area contributed by atoms with Gasteiger partial charge in [0.05, 0.1) is 25.4 Å². The largest absolute Gasteiger partial charge is 0.504 e. The van der Waals surface area contributed by atoms with E-state index in [4.69, 9.17) is 9.47 Å². The Balaban J connectivity index is 2.69. The summed E-state index contributed by atoms with van der Waals surface area (Å²) in [5, 5.41) is 0. The fourth-order valence-electron chi connectivity index (χ4n) is 2.93. The van der Waals surface area contributed by atoms with E-state index in [1.54, 1.807) is 7.11 Å². The summed E-state index contributed by atoms with van der Waals surface area (Å²) in [6.07, 6.45) is 4.66. The third-order valence-electron chi connectivity index (χ3n) is 4.42. The molecule has 1 saturated carbocycles. The van der Waals surface area contributed by atoms with Crippen molar-refractivity contribution < 1.29 is 14.3 Å². The molecule has 1 atom stereocenters. The number of hydrogen-bond acceptors (Lipinski definition) is 3. The molecule has 0 unspecified atom stereocenters. The van der Waals surface area contributed by atoms with Crippen molar-refractivity contribution in [3.63, 3.8) is 0 Å². The highest BCUT2D eigenvalue weighted by molar-refractivity contribution is 5.75. The number of hydrogen-bond donors (Lipinski definition) is 0. The predicted molar refractivity (Wildman–Crippen MR) is 85.8 cm³/mol. The Morgan fingerprint density at radius 3 is 2.52 bits per heavy atom. The van der Waals surface area contributed by atoms with E-state index in [-0.39, 0.29) is 11.4 Å². The molecule has 0 bridgehead atoms. The molecule has 0 aromatic carbocycles. The quantitative estimate of drug-likeness (QED) is 0.435. The Kier molecular flexibility index (Phi) is 5.66. The van der Waals surface area contributed by atoms with Gasteiger partial charge in [0.2, 0.25) is 0 Å². The van der Waals surface area contributed by atoms with Crippen molar-refractivity contribution in [2.45, 2.75) is 53.9 Å². The van der Waals surface area contributed by atoms with Crippen LogP contribution in [0.5, 0.6) is 0 Å². The van der Waals surface area contributed by atoms with E-state index in [9.17, 15) is 4.79 Å². The summed E-state index contributed by atoms with van der Waals surface area (Å²) in [5.74, 6) is 0.176. The molecule has 3 nitrogen and oxygen atoms in total. The average molecular weight is 294 g/mol. The standard InChI is InChI=1S/C18H30O3/c1-13-8-9-14(12-20-7)18(5,6)15(13)10-11-21-16(19)17(2,3)4/h12,15H,1,8-11H2,2-7H3/b14-12+/t15-/m0/s1. The van der Waals surface area contributed by atoms with Gasteiger partial charge in [-0.2, -0.15) is 0 Å². The van der Waals surface area contributed by atoms with Crippen LogP contribution < -0.4 is 0 Å². The Bertz CT molecular complexity index is 424. The van der Waals surface area contributed by atoms with Crippen LogP contribution in [0, 0.1) is 16.7 Å². The van der Waals surface area contributed by atoms with Crippen molar-refractivity contribution in [2.24, 2.45) is 16.7 Å². The zero-order chi connectivity index (χ0) is 16.3. The number of methoxy groups -OCH3 is 1. The van der Waals surface area contributed by atoms with Gasteiger partial charge in [-0.15, -0.1) is 0 Å². The lowest BCUT2D eigenvalue weighted by atomic mass is 9.63. The fourth-order valence-corrected chi connectivity index (χ4v) is 2.93. The van der Waals surface area contributed by atoms with Gasteiger partial charge in [-0.05, 0) is 56.9 Å². The lowest BCUT2D eigenvalue weighted by molar-refractivity contribution is -0.153. The third-order valence-corrected chi connectivity index (χ3v) is 4.42. The second-order valence-corrected chi connectivity index (χ2v) is 7.49. The van der Waals surface area contributed by atoms with Crippen LogP contribution in [0.4, 0.5) is 0 Å². The van der Waals surface area contributed by atoms with E-state index in [0.29, 0.717) is 12.5 Å². The molecule has 0 N–H and O–H groups in total. The molecule has 3 heteroatoms. The van der Waals surface area contributed by atoms with E-state index in [1.807, 2.05) is 27.0 Å². The lowest BCUT2D eigenvalue weighted by Gasteiger charge is -2.42. The molecular weight excluding hydrogens is 264 g/mol. The van der Waals surface area contributed by atoms with Crippen LogP contribution >= 0.6 is 0 Å². The normalized spacial score (nSPS) is 24.0. The van der Waals surface area contributed by atoms with Gasteiger partial charge in [0.25, 0.3) is 0 Å². The Morgan fingerprint density at radius 2 is 2.00 bits per heavy atom. The van der Waals surface area contributed by atoms with Crippen molar-refractivity contribution in [1.82, 2.24) is 0 Å². The van der Waals surface area contributed by atoms with Crippen LogP contribution in [0.25, 0.3) is 0 Å². The van der Waals surface area contributed by atoms with Gasteiger partial charge in [-0.3, -0.25) is 4.79 Å². The van der Waals surface area contributed by atoms with E-state index in [1.165, 1.54) is 11.1 Å². The molecule has 0 aliphatic heterocycles. The minimum Gasteiger partial charge on any atom is -0.504 e. The van der Waals surface area contributed by atoms with Crippen LogP contribution in [-0.2, 0) is 14.3 Å². The van der Waals surface area contributed by atoms with E-state index in [2.05, 4.69) is 20.4 Å². The first-order chi connectivity index (χ1) is 9.60. The SMILES string of the molecule is C=C1CC/C(=C\OC)C(C)(C)[C@H]1CCOC(=O)C(C)(C)C.